The smallest absolute Gasteiger partial charge is 0.339 e. The van der Waals surface area contributed by atoms with Crippen LogP contribution < -0.4 is 10.1 Å². The van der Waals surface area contributed by atoms with Crippen LogP contribution in [0.5, 0.6) is 5.75 Å². The first kappa shape index (κ1) is 17.9. The first-order chi connectivity index (χ1) is 12.6. The van der Waals surface area contributed by atoms with Crippen molar-refractivity contribution in [3.05, 3.63) is 64.7 Å². The molecule has 0 saturated heterocycles. The van der Waals surface area contributed by atoms with Crippen LogP contribution in [-0.2, 0) is 22.5 Å². The largest absolute Gasteiger partial charge is 0.496 e. The molecule has 1 aliphatic rings. The number of carboxylic acid groups (broad SMARTS) is 1. The predicted molar refractivity (Wildman–Crippen MR) is 95.3 cm³/mol. The number of ether oxygens (including phenoxy) is 2. The van der Waals surface area contributed by atoms with Crippen molar-refractivity contribution in [1.29, 1.82) is 0 Å². The summed E-state index contributed by atoms with van der Waals surface area (Å²) >= 11 is 0. The molecule has 6 heteroatoms. The fourth-order valence-electron chi connectivity index (χ4n) is 3.12. The van der Waals surface area contributed by atoms with Gasteiger partial charge in [-0.25, -0.2) is 4.79 Å². The minimum Gasteiger partial charge on any atom is -0.496 e. The quantitative estimate of drug-likeness (QED) is 0.832. The van der Waals surface area contributed by atoms with E-state index in [1.54, 1.807) is 12.1 Å². The van der Waals surface area contributed by atoms with Gasteiger partial charge in [-0.3, -0.25) is 4.79 Å². The van der Waals surface area contributed by atoms with Gasteiger partial charge in [-0.15, -0.1) is 0 Å². The van der Waals surface area contributed by atoms with E-state index in [2.05, 4.69) is 11.4 Å². The minimum atomic E-state index is -1.07. The predicted octanol–water partition coefficient (Wildman–Crippen LogP) is 2.71. The van der Waals surface area contributed by atoms with Crippen molar-refractivity contribution in [2.45, 2.75) is 25.5 Å². The molecule has 0 aromatic heterocycles. The molecule has 2 aromatic rings. The van der Waals surface area contributed by atoms with Crippen molar-refractivity contribution in [2.24, 2.45) is 0 Å². The van der Waals surface area contributed by atoms with E-state index >= 15 is 0 Å². The molecular weight excluding hydrogens is 334 g/mol. The lowest BCUT2D eigenvalue weighted by molar-refractivity contribution is -0.124. The van der Waals surface area contributed by atoms with Gasteiger partial charge in [-0.1, -0.05) is 30.3 Å². The number of hydrogen-bond acceptors (Lipinski definition) is 4. The lowest BCUT2D eigenvalue weighted by Gasteiger charge is -2.25. The van der Waals surface area contributed by atoms with Crippen molar-refractivity contribution in [2.75, 3.05) is 13.7 Å². The molecule has 1 atom stereocenters. The molecule has 1 heterocycles. The van der Waals surface area contributed by atoms with E-state index in [0.717, 1.165) is 12.0 Å². The van der Waals surface area contributed by atoms with Gasteiger partial charge in [0.05, 0.1) is 26.2 Å². The van der Waals surface area contributed by atoms with Crippen LogP contribution in [0.3, 0.4) is 0 Å². The average Bonchev–Trinajstić information content (AvgIpc) is 2.66. The third-order valence-electron chi connectivity index (χ3n) is 4.45. The number of rotatable bonds is 6. The average molecular weight is 355 g/mol. The van der Waals surface area contributed by atoms with Gasteiger partial charge in [0.15, 0.2) is 0 Å². The number of hydrogen-bond donors (Lipinski definition) is 2. The highest BCUT2D eigenvalue weighted by atomic mass is 16.5. The van der Waals surface area contributed by atoms with Gasteiger partial charge in [0.1, 0.15) is 11.3 Å². The summed E-state index contributed by atoms with van der Waals surface area (Å²) in [6.45, 7) is 0.854. The van der Waals surface area contributed by atoms with Crippen LogP contribution in [0.25, 0.3) is 0 Å². The Balaban J connectivity index is 1.62. The van der Waals surface area contributed by atoms with Gasteiger partial charge < -0.3 is 19.9 Å². The van der Waals surface area contributed by atoms with Crippen molar-refractivity contribution in [3.63, 3.8) is 0 Å². The molecule has 1 aliphatic heterocycles. The lowest BCUT2D eigenvalue weighted by Crippen LogP contribution is -2.27. The number of nitrogens with one attached hydrogen (secondary N) is 1. The van der Waals surface area contributed by atoms with Crippen molar-refractivity contribution < 1.29 is 24.2 Å². The molecule has 2 aromatic carbocycles. The van der Waals surface area contributed by atoms with Crippen molar-refractivity contribution in [1.82, 2.24) is 5.32 Å². The second-order valence-electron chi connectivity index (χ2n) is 6.13. The molecule has 0 aliphatic carbocycles. The maximum Gasteiger partial charge on any atom is 0.339 e. The van der Waals surface area contributed by atoms with Gasteiger partial charge in [0.25, 0.3) is 0 Å². The van der Waals surface area contributed by atoms with E-state index in [0.29, 0.717) is 17.9 Å². The Morgan fingerprint density at radius 3 is 2.85 bits per heavy atom. The van der Waals surface area contributed by atoms with Crippen LogP contribution in [-0.4, -0.2) is 30.7 Å². The Labute approximate surface area is 151 Å². The van der Waals surface area contributed by atoms with Gasteiger partial charge in [-0.05, 0) is 35.2 Å². The van der Waals surface area contributed by atoms with Gasteiger partial charge in [0, 0.05) is 6.54 Å². The Morgan fingerprint density at radius 1 is 1.27 bits per heavy atom. The molecule has 0 spiro atoms. The summed E-state index contributed by atoms with van der Waals surface area (Å²) in [5.41, 5.74) is 3.05. The Hall–Kier alpha value is -2.86. The third kappa shape index (κ3) is 4.03. The molecule has 136 valence electrons. The zero-order valence-electron chi connectivity index (χ0n) is 14.5. The minimum absolute atomic E-state index is 0.0730. The Kier molecular flexibility index (Phi) is 5.53. The Bertz CT molecular complexity index is 818. The summed E-state index contributed by atoms with van der Waals surface area (Å²) in [6.07, 6.45) is 0.849. The molecule has 1 unspecified atom stereocenters. The van der Waals surface area contributed by atoms with E-state index in [-0.39, 0.29) is 30.5 Å². The van der Waals surface area contributed by atoms with Gasteiger partial charge >= 0.3 is 5.97 Å². The molecular formula is C20H21NO5. The monoisotopic (exact) mass is 355 g/mol. The number of carbonyl (C=O) groups excluding carboxylic acids is 1. The third-order valence-corrected chi connectivity index (χ3v) is 4.45. The first-order valence-corrected chi connectivity index (χ1v) is 8.45. The summed E-state index contributed by atoms with van der Waals surface area (Å²) < 4.78 is 10.8. The molecule has 2 N–H and O–H groups in total. The van der Waals surface area contributed by atoms with Crippen molar-refractivity contribution >= 4 is 11.9 Å². The van der Waals surface area contributed by atoms with E-state index in [9.17, 15) is 14.7 Å². The van der Waals surface area contributed by atoms with Crippen LogP contribution in [0.15, 0.2) is 42.5 Å². The molecule has 0 fully saturated rings. The van der Waals surface area contributed by atoms with Crippen LogP contribution in [0, 0.1) is 0 Å². The number of amides is 1. The van der Waals surface area contributed by atoms with E-state index in [1.165, 1.54) is 18.7 Å². The number of fused-ring (bicyclic) bond motifs is 1. The maximum absolute atomic E-state index is 12.3. The van der Waals surface area contributed by atoms with Crippen LogP contribution >= 0.6 is 0 Å². The summed E-state index contributed by atoms with van der Waals surface area (Å²) in [4.78, 5) is 23.6. The van der Waals surface area contributed by atoms with E-state index < -0.39 is 5.97 Å². The summed E-state index contributed by atoms with van der Waals surface area (Å²) in [5, 5.41) is 12.1. The molecule has 26 heavy (non-hydrogen) atoms. The lowest BCUT2D eigenvalue weighted by atomic mass is 9.95. The number of carboxylic acids is 1. The van der Waals surface area contributed by atoms with Crippen molar-refractivity contribution in [3.8, 4) is 5.75 Å². The Morgan fingerprint density at radius 2 is 2.08 bits per heavy atom. The van der Waals surface area contributed by atoms with Crippen LogP contribution in [0.4, 0.5) is 0 Å². The highest BCUT2D eigenvalue weighted by molar-refractivity contribution is 5.91. The molecule has 0 bridgehead atoms. The van der Waals surface area contributed by atoms with E-state index in [1.807, 2.05) is 18.2 Å². The molecule has 1 amide bonds. The maximum atomic E-state index is 12.3. The fraction of sp³-hybridized carbons (Fsp3) is 0.300. The highest BCUT2D eigenvalue weighted by Crippen LogP contribution is 2.29. The fourth-order valence-corrected chi connectivity index (χ4v) is 3.12. The second kappa shape index (κ2) is 8.01. The molecule has 3 rings (SSSR count). The topological polar surface area (TPSA) is 84.9 Å². The second-order valence-corrected chi connectivity index (χ2v) is 6.13. The van der Waals surface area contributed by atoms with E-state index in [4.69, 9.17) is 9.47 Å². The summed E-state index contributed by atoms with van der Waals surface area (Å²) in [6, 6.07) is 12.8. The standard InChI is InChI=1S/C20H21NO5/c1-25-17-7-6-13(10-16(17)20(23)24)12-21-19(22)11-18-15-5-3-2-4-14(15)8-9-26-18/h2-7,10,18H,8-9,11-12H2,1H3,(H,21,22)(H,23,24). The van der Waals surface area contributed by atoms with Crippen LogP contribution in [0.2, 0.25) is 0 Å². The van der Waals surface area contributed by atoms with Gasteiger partial charge in [0.2, 0.25) is 5.91 Å². The molecule has 0 saturated carbocycles. The molecule has 0 radical (unpaired) electrons. The highest BCUT2D eigenvalue weighted by Gasteiger charge is 2.23. The number of methoxy groups -OCH3 is 1. The summed E-state index contributed by atoms with van der Waals surface area (Å²) in [7, 11) is 1.42. The normalized spacial score (nSPS) is 15.8. The number of carbonyl (C=O) groups is 2. The number of aromatic carboxylic acids is 1. The zero-order valence-corrected chi connectivity index (χ0v) is 14.5. The summed E-state index contributed by atoms with van der Waals surface area (Å²) in [5.74, 6) is -0.915. The SMILES string of the molecule is COc1ccc(CNC(=O)CC2OCCc3ccccc32)cc1C(=O)O. The first-order valence-electron chi connectivity index (χ1n) is 8.45. The number of benzene rings is 2. The molecule has 6 nitrogen and oxygen atoms in total. The zero-order chi connectivity index (χ0) is 18.5. The van der Waals surface area contributed by atoms with Gasteiger partial charge in [-0.2, -0.15) is 0 Å². The van der Waals surface area contributed by atoms with Crippen LogP contribution in [0.1, 0.15) is 39.6 Å².